The van der Waals surface area contributed by atoms with Crippen molar-refractivity contribution in [3.8, 4) is 17.5 Å². The molecule has 1 fully saturated rings. The van der Waals surface area contributed by atoms with Crippen LogP contribution in [-0.4, -0.2) is 43.9 Å². The summed E-state index contributed by atoms with van der Waals surface area (Å²) in [5.41, 5.74) is 1.13. The summed E-state index contributed by atoms with van der Waals surface area (Å²) < 4.78 is 36.0. The average Bonchev–Trinajstić information content (AvgIpc) is 3.50. The predicted octanol–water partition coefficient (Wildman–Crippen LogP) is 6.12. The molecule has 0 bridgehead atoms. The summed E-state index contributed by atoms with van der Waals surface area (Å²) in [4.78, 5) is 13.8. The number of aromatic nitrogens is 1. The molecule has 2 aromatic carbocycles. The number of halogens is 3. The van der Waals surface area contributed by atoms with E-state index in [0.29, 0.717) is 23.6 Å². The first kappa shape index (κ1) is 27.7. The van der Waals surface area contributed by atoms with E-state index in [4.69, 9.17) is 16.3 Å². The second-order valence-electron chi connectivity index (χ2n) is 9.68. The summed E-state index contributed by atoms with van der Waals surface area (Å²) in [5.74, 6) is -2.08. The number of carboxylic acid groups (broad SMARTS) is 1. The number of aromatic hydroxyl groups is 2. The van der Waals surface area contributed by atoms with Crippen LogP contribution < -0.4 is 4.74 Å². The van der Waals surface area contributed by atoms with Crippen molar-refractivity contribution in [2.45, 2.75) is 51.2 Å². The molecule has 204 valence electrons. The van der Waals surface area contributed by atoms with Crippen LogP contribution in [0.25, 0.3) is 0 Å². The second kappa shape index (κ2) is 12.5. The summed E-state index contributed by atoms with van der Waals surface area (Å²) in [6, 6.07) is 11.0. The molecule has 1 aliphatic rings. The summed E-state index contributed by atoms with van der Waals surface area (Å²) in [6.07, 6.45) is 4.03. The van der Waals surface area contributed by atoms with E-state index in [1.165, 1.54) is 41.0 Å². The average molecular weight is 549 g/mol. The first-order valence-electron chi connectivity index (χ1n) is 12.6. The van der Waals surface area contributed by atoms with Gasteiger partial charge in [-0.1, -0.05) is 36.6 Å². The normalized spacial score (nSPS) is 14.7. The Morgan fingerprint density at radius 1 is 1.05 bits per heavy atom. The Balaban J connectivity index is 1.52. The van der Waals surface area contributed by atoms with Crippen LogP contribution in [0.15, 0.2) is 48.5 Å². The van der Waals surface area contributed by atoms with Gasteiger partial charge in [0.05, 0.1) is 18.0 Å². The van der Waals surface area contributed by atoms with Crippen LogP contribution in [0.4, 0.5) is 8.78 Å². The van der Waals surface area contributed by atoms with Crippen molar-refractivity contribution in [1.29, 1.82) is 0 Å². The highest BCUT2D eigenvalue weighted by Gasteiger charge is 2.28. The number of hydrogen-bond donors (Lipinski definition) is 3. The largest absolute Gasteiger partial charge is 0.494 e. The predicted molar refractivity (Wildman–Crippen MR) is 138 cm³/mol. The molecule has 1 atom stereocenters. The molecule has 0 amide bonds. The van der Waals surface area contributed by atoms with Gasteiger partial charge in [0.2, 0.25) is 0 Å². The van der Waals surface area contributed by atoms with Gasteiger partial charge in [-0.25, -0.2) is 8.78 Å². The van der Waals surface area contributed by atoms with Gasteiger partial charge < -0.3 is 20.1 Å². The Hall–Kier alpha value is -3.30. The fourth-order valence-electron chi connectivity index (χ4n) is 5.09. The van der Waals surface area contributed by atoms with Crippen molar-refractivity contribution in [1.82, 2.24) is 9.47 Å². The molecule has 1 heterocycles. The molecule has 1 aliphatic carbocycles. The SMILES string of the molecule is O=C(O)CC(c1ccc(Cl)c(F)c1)N(Cc1ccc(OCCn2c(O)ccc2O)c(F)c1)CC1CCCC1. The van der Waals surface area contributed by atoms with E-state index in [1.54, 1.807) is 12.1 Å². The van der Waals surface area contributed by atoms with Gasteiger partial charge in [-0.2, -0.15) is 0 Å². The topological polar surface area (TPSA) is 95.2 Å². The third-order valence-electron chi connectivity index (χ3n) is 6.99. The first-order valence-corrected chi connectivity index (χ1v) is 13.0. The van der Waals surface area contributed by atoms with Crippen LogP contribution >= 0.6 is 11.6 Å². The maximum atomic E-state index is 15.0. The molecular weight excluding hydrogens is 518 g/mol. The van der Waals surface area contributed by atoms with E-state index in [9.17, 15) is 28.9 Å². The molecule has 7 nitrogen and oxygen atoms in total. The van der Waals surface area contributed by atoms with Gasteiger partial charge in [-0.3, -0.25) is 14.3 Å². The van der Waals surface area contributed by atoms with Crippen molar-refractivity contribution < 1.29 is 33.6 Å². The maximum Gasteiger partial charge on any atom is 0.305 e. The van der Waals surface area contributed by atoms with Gasteiger partial charge in [-0.15, -0.1) is 0 Å². The van der Waals surface area contributed by atoms with Gasteiger partial charge in [0.15, 0.2) is 23.3 Å². The molecular formula is C28H31ClF2N2O5. The van der Waals surface area contributed by atoms with E-state index in [1.807, 2.05) is 4.90 Å². The van der Waals surface area contributed by atoms with Gasteiger partial charge in [0.25, 0.3) is 0 Å². The van der Waals surface area contributed by atoms with Gasteiger partial charge in [0.1, 0.15) is 12.4 Å². The molecule has 38 heavy (non-hydrogen) atoms. The summed E-state index contributed by atoms with van der Waals surface area (Å²) >= 11 is 5.87. The number of carboxylic acids is 1. The summed E-state index contributed by atoms with van der Waals surface area (Å²) in [7, 11) is 0. The van der Waals surface area contributed by atoms with Crippen molar-refractivity contribution in [3.63, 3.8) is 0 Å². The Kier molecular flexibility index (Phi) is 9.12. The van der Waals surface area contributed by atoms with Crippen molar-refractivity contribution in [2.24, 2.45) is 5.92 Å². The maximum absolute atomic E-state index is 15.0. The van der Waals surface area contributed by atoms with Crippen LogP contribution in [-0.2, 0) is 17.9 Å². The Bertz CT molecular complexity index is 1240. The highest BCUT2D eigenvalue weighted by molar-refractivity contribution is 6.30. The molecule has 10 heteroatoms. The quantitative estimate of drug-likeness (QED) is 0.252. The molecule has 0 aliphatic heterocycles. The highest BCUT2D eigenvalue weighted by Crippen LogP contribution is 2.34. The number of hydrogen-bond acceptors (Lipinski definition) is 5. The second-order valence-corrected chi connectivity index (χ2v) is 10.1. The molecule has 0 spiro atoms. The monoisotopic (exact) mass is 548 g/mol. The van der Waals surface area contributed by atoms with E-state index >= 15 is 0 Å². The van der Waals surface area contributed by atoms with Crippen LogP contribution in [0.2, 0.25) is 5.02 Å². The smallest absolute Gasteiger partial charge is 0.305 e. The number of ether oxygens (including phenoxy) is 1. The van der Waals surface area contributed by atoms with E-state index in [-0.39, 0.29) is 48.6 Å². The van der Waals surface area contributed by atoms with Gasteiger partial charge >= 0.3 is 5.97 Å². The lowest BCUT2D eigenvalue weighted by molar-refractivity contribution is -0.138. The fraction of sp³-hybridized carbons (Fsp3) is 0.393. The van der Waals surface area contributed by atoms with Gasteiger partial charge in [0, 0.05) is 31.3 Å². The minimum Gasteiger partial charge on any atom is -0.494 e. The molecule has 1 unspecified atom stereocenters. The summed E-state index contributed by atoms with van der Waals surface area (Å²) in [6.45, 7) is 1.01. The molecule has 3 aromatic rings. The highest BCUT2D eigenvalue weighted by atomic mass is 35.5. The zero-order valence-corrected chi connectivity index (χ0v) is 21.6. The molecule has 1 saturated carbocycles. The number of nitrogens with zero attached hydrogens (tertiary/aromatic N) is 2. The number of benzene rings is 2. The minimum absolute atomic E-state index is 0.0166. The Morgan fingerprint density at radius 2 is 1.76 bits per heavy atom. The first-order chi connectivity index (χ1) is 18.2. The zero-order valence-electron chi connectivity index (χ0n) is 20.8. The summed E-state index contributed by atoms with van der Waals surface area (Å²) in [5, 5.41) is 29.1. The molecule has 0 saturated heterocycles. The van der Waals surface area contributed by atoms with Crippen molar-refractivity contribution in [2.75, 3.05) is 13.2 Å². The molecule has 3 N–H and O–H groups in total. The number of aliphatic carboxylic acids is 1. The fourth-order valence-corrected chi connectivity index (χ4v) is 5.20. The zero-order chi connectivity index (χ0) is 27.2. The Morgan fingerprint density at radius 3 is 2.39 bits per heavy atom. The van der Waals surface area contributed by atoms with Crippen LogP contribution in [0.5, 0.6) is 17.5 Å². The lowest BCUT2D eigenvalue weighted by atomic mass is 9.98. The van der Waals surface area contributed by atoms with E-state index in [0.717, 1.165) is 25.7 Å². The van der Waals surface area contributed by atoms with Crippen molar-refractivity contribution >= 4 is 17.6 Å². The van der Waals surface area contributed by atoms with Crippen molar-refractivity contribution in [3.05, 3.63) is 76.3 Å². The molecule has 4 rings (SSSR count). The van der Waals surface area contributed by atoms with Crippen LogP contribution in [0, 0.1) is 17.6 Å². The lowest BCUT2D eigenvalue weighted by Crippen LogP contribution is -2.34. The Labute approximate surface area is 224 Å². The standard InChI is InChI=1S/C28H31ClF2N2O5/c29-21-7-6-20(14-22(21)30)24(15-28(36)37)32(16-18-3-1-2-4-18)17-19-5-8-25(23(31)13-19)38-12-11-33-26(34)9-10-27(33)35/h5-10,13-14,18,24,34-35H,1-4,11-12,15-17H2,(H,36,37). The number of carbonyl (C=O) groups is 1. The number of rotatable bonds is 12. The third-order valence-corrected chi connectivity index (χ3v) is 7.30. The molecule has 0 radical (unpaired) electrons. The molecule has 1 aromatic heterocycles. The van der Waals surface area contributed by atoms with Gasteiger partial charge in [-0.05, 0) is 54.2 Å². The van der Waals surface area contributed by atoms with Crippen LogP contribution in [0.1, 0.15) is 49.3 Å². The van der Waals surface area contributed by atoms with E-state index in [2.05, 4.69) is 0 Å². The minimum atomic E-state index is -1.02. The van der Waals surface area contributed by atoms with E-state index < -0.39 is 23.6 Å². The lowest BCUT2D eigenvalue weighted by Gasteiger charge is -2.33. The van der Waals surface area contributed by atoms with Crippen LogP contribution in [0.3, 0.4) is 0 Å². The third kappa shape index (κ3) is 6.96.